The molecule has 0 spiro atoms. The maximum absolute atomic E-state index is 6.33. The second kappa shape index (κ2) is 12.5. The summed E-state index contributed by atoms with van der Waals surface area (Å²) in [6.45, 7) is 0. The molecule has 266 valence electrons. The Morgan fingerprint density at radius 2 is 0.702 bits per heavy atom. The number of nitrogens with zero attached hydrogens (tertiary/aromatic N) is 2. The van der Waals surface area contributed by atoms with E-state index in [1.165, 1.54) is 77.0 Å². The minimum Gasteiger partial charge on any atom is -0.456 e. The van der Waals surface area contributed by atoms with Crippen molar-refractivity contribution < 1.29 is 4.42 Å². The second-order valence-electron chi connectivity index (χ2n) is 14.9. The zero-order chi connectivity index (χ0) is 37.5. The third-order valence-corrected chi connectivity index (χ3v) is 11.7. The fraction of sp³-hybridized carbons (Fsp3) is 0. The van der Waals surface area contributed by atoms with Crippen molar-refractivity contribution in [3.05, 3.63) is 206 Å². The topological polar surface area (TPSA) is 23.0 Å². The van der Waals surface area contributed by atoms with Crippen molar-refractivity contribution in [2.45, 2.75) is 0 Å². The average Bonchev–Trinajstić information content (AvgIpc) is 3.93. The van der Waals surface area contributed by atoms with E-state index in [0.717, 1.165) is 33.3 Å². The van der Waals surface area contributed by atoms with E-state index in [9.17, 15) is 0 Å². The van der Waals surface area contributed by atoms with Crippen LogP contribution in [0.5, 0.6) is 0 Å². The van der Waals surface area contributed by atoms with E-state index in [2.05, 4.69) is 203 Å². The number of para-hydroxylation sites is 2. The van der Waals surface area contributed by atoms with Crippen molar-refractivity contribution in [3.63, 3.8) is 0 Å². The number of rotatable bonds is 5. The first kappa shape index (κ1) is 31.7. The average molecular weight is 727 g/mol. The van der Waals surface area contributed by atoms with Gasteiger partial charge in [0, 0.05) is 49.8 Å². The summed E-state index contributed by atoms with van der Waals surface area (Å²) in [7, 11) is 0. The van der Waals surface area contributed by atoms with Gasteiger partial charge in [0.2, 0.25) is 0 Å². The van der Waals surface area contributed by atoms with Gasteiger partial charge in [0.05, 0.1) is 22.1 Å². The number of benzene rings is 9. The molecule has 0 unspecified atom stereocenters. The van der Waals surface area contributed by atoms with Gasteiger partial charge in [-0.1, -0.05) is 127 Å². The normalized spacial score (nSPS) is 11.9. The molecule has 0 amide bonds. The van der Waals surface area contributed by atoms with Gasteiger partial charge in [0.15, 0.2) is 0 Å². The first-order valence-corrected chi connectivity index (χ1v) is 19.5. The van der Waals surface area contributed by atoms with Crippen LogP contribution in [0.2, 0.25) is 0 Å². The van der Waals surface area contributed by atoms with Crippen molar-refractivity contribution >= 4 is 65.6 Å². The largest absolute Gasteiger partial charge is 0.456 e. The first-order valence-electron chi connectivity index (χ1n) is 19.5. The highest BCUT2D eigenvalue weighted by molar-refractivity contribution is 6.14. The minimum absolute atomic E-state index is 0.894. The summed E-state index contributed by atoms with van der Waals surface area (Å²) in [5.41, 5.74) is 15.9. The molecule has 0 radical (unpaired) electrons. The van der Waals surface area contributed by atoms with Crippen LogP contribution in [0.1, 0.15) is 0 Å². The fourth-order valence-corrected chi connectivity index (χ4v) is 9.03. The lowest BCUT2D eigenvalue weighted by Crippen LogP contribution is -1.94. The van der Waals surface area contributed by atoms with Gasteiger partial charge in [-0.3, -0.25) is 0 Å². The Morgan fingerprint density at radius 3 is 1.35 bits per heavy atom. The molecule has 0 N–H and O–H groups in total. The van der Waals surface area contributed by atoms with Crippen molar-refractivity contribution in [2.75, 3.05) is 0 Å². The highest BCUT2D eigenvalue weighted by Crippen LogP contribution is 2.40. The van der Waals surface area contributed by atoms with Crippen LogP contribution in [0.25, 0.3) is 110 Å². The van der Waals surface area contributed by atoms with E-state index in [-0.39, 0.29) is 0 Å². The molecule has 0 saturated heterocycles. The van der Waals surface area contributed by atoms with Crippen LogP contribution in [-0.2, 0) is 0 Å². The molecule has 0 aliphatic heterocycles. The second-order valence-corrected chi connectivity index (χ2v) is 14.9. The van der Waals surface area contributed by atoms with Crippen LogP contribution in [0.15, 0.2) is 211 Å². The number of hydrogen-bond donors (Lipinski definition) is 0. The Hall–Kier alpha value is -7.62. The van der Waals surface area contributed by atoms with Gasteiger partial charge in [-0.2, -0.15) is 0 Å². The Labute approximate surface area is 328 Å². The molecule has 3 aromatic heterocycles. The van der Waals surface area contributed by atoms with E-state index >= 15 is 0 Å². The molecule has 3 heteroatoms. The van der Waals surface area contributed by atoms with Crippen LogP contribution in [0, 0.1) is 0 Å². The SMILES string of the molecule is c1ccc(-c2cccc(-n3c4ccc(-c5ccccc5)cc4c4cc(-c5ccc6c(c5)c5ccccc5n6-c5ccc6c(c5)oc5ccccc56)ccc43)c2)cc1. The lowest BCUT2D eigenvalue weighted by atomic mass is 9.99. The van der Waals surface area contributed by atoms with Crippen LogP contribution >= 0.6 is 0 Å². The van der Waals surface area contributed by atoms with E-state index in [1.807, 2.05) is 12.1 Å². The van der Waals surface area contributed by atoms with Gasteiger partial charge in [0.25, 0.3) is 0 Å². The van der Waals surface area contributed by atoms with Crippen molar-refractivity contribution in [3.8, 4) is 44.8 Å². The molecule has 12 aromatic rings. The molecule has 9 aromatic carbocycles. The maximum atomic E-state index is 6.33. The summed E-state index contributed by atoms with van der Waals surface area (Å²) >= 11 is 0. The Balaban J connectivity index is 1.04. The number of fused-ring (bicyclic) bond motifs is 9. The molecule has 0 aliphatic rings. The molecular formula is C54H34N2O. The summed E-state index contributed by atoms with van der Waals surface area (Å²) in [6.07, 6.45) is 0. The van der Waals surface area contributed by atoms with E-state index in [4.69, 9.17) is 4.42 Å². The molecule has 0 aliphatic carbocycles. The molecule has 0 bridgehead atoms. The molecule has 3 nitrogen and oxygen atoms in total. The molecule has 3 heterocycles. The predicted octanol–water partition coefficient (Wildman–Crippen LogP) is 14.8. The lowest BCUT2D eigenvalue weighted by molar-refractivity contribution is 0.668. The van der Waals surface area contributed by atoms with Gasteiger partial charge in [-0.25, -0.2) is 0 Å². The Bertz CT molecular complexity index is 3510. The Kier molecular flexibility index (Phi) is 6.93. The third kappa shape index (κ3) is 4.99. The standard InChI is InChI=1S/C54H34N2O/c1-3-12-35(13-4-1)37-16-11-17-41(30-37)55-51-27-22-38(36-14-5-2-6-15-36)31-47(51)48-33-40(24-29-52(48)55)39-23-28-50-46(32-39)43-18-7-9-20-49(43)56(50)42-25-26-45-44-19-8-10-21-53(44)57-54(45)34-42/h1-34H. The lowest BCUT2D eigenvalue weighted by Gasteiger charge is -2.11. The van der Waals surface area contributed by atoms with Gasteiger partial charge in [-0.05, 0) is 106 Å². The van der Waals surface area contributed by atoms with Gasteiger partial charge >= 0.3 is 0 Å². The summed E-state index contributed by atoms with van der Waals surface area (Å²) in [5, 5.41) is 7.18. The van der Waals surface area contributed by atoms with E-state index in [0.29, 0.717) is 0 Å². The predicted molar refractivity (Wildman–Crippen MR) is 239 cm³/mol. The third-order valence-electron chi connectivity index (χ3n) is 11.7. The number of aromatic nitrogens is 2. The van der Waals surface area contributed by atoms with Gasteiger partial charge in [-0.15, -0.1) is 0 Å². The van der Waals surface area contributed by atoms with Gasteiger partial charge < -0.3 is 13.6 Å². The van der Waals surface area contributed by atoms with Crippen molar-refractivity contribution in [1.82, 2.24) is 9.13 Å². The zero-order valence-electron chi connectivity index (χ0n) is 30.9. The van der Waals surface area contributed by atoms with Crippen LogP contribution < -0.4 is 0 Å². The molecule has 0 fully saturated rings. The molecule has 0 saturated carbocycles. The summed E-state index contributed by atoms with van der Waals surface area (Å²) in [4.78, 5) is 0. The maximum Gasteiger partial charge on any atom is 0.137 e. The Morgan fingerprint density at radius 1 is 0.246 bits per heavy atom. The quantitative estimate of drug-likeness (QED) is 0.173. The summed E-state index contributed by atoms with van der Waals surface area (Å²) in [5.74, 6) is 0. The van der Waals surface area contributed by atoms with E-state index in [1.54, 1.807) is 0 Å². The zero-order valence-corrected chi connectivity index (χ0v) is 30.9. The summed E-state index contributed by atoms with van der Waals surface area (Å²) < 4.78 is 11.1. The van der Waals surface area contributed by atoms with Crippen LogP contribution in [0.4, 0.5) is 0 Å². The minimum atomic E-state index is 0.894. The first-order chi connectivity index (χ1) is 28.2. The fourth-order valence-electron chi connectivity index (χ4n) is 9.03. The molecule has 0 atom stereocenters. The van der Waals surface area contributed by atoms with Gasteiger partial charge in [0.1, 0.15) is 11.2 Å². The summed E-state index contributed by atoms with van der Waals surface area (Å²) in [6, 6.07) is 74.6. The smallest absolute Gasteiger partial charge is 0.137 e. The van der Waals surface area contributed by atoms with Crippen LogP contribution in [0.3, 0.4) is 0 Å². The molecular weight excluding hydrogens is 693 g/mol. The highest BCUT2D eigenvalue weighted by atomic mass is 16.3. The molecule has 57 heavy (non-hydrogen) atoms. The number of furan rings is 1. The van der Waals surface area contributed by atoms with Crippen molar-refractivity contribution in [2.24, 2.45) is 0 Å². The van der Waals surface area contributed by atoms with Crippen LogP contribution in [-0.4, -0.2) is 9.13 Å². The highest BCUT2D eigenvalue weighted by Gasteiger charge is 2.18. The monoisotopic (exact) mass is 726 g/mol. The molecule has 12 rings (SSSR count). The van der Waals surface area contributed by atoms with E-state index < -0.39 is 0 Å². The van der Waals surface area contributed by atoms with Crippen molar-refractivity contribution in [1.29, 1.82) is 0 Å². The number of hydrogen-bond acceptors (Lipinski definition) is 1.